The number of piperazine rings is 1. The number of nitrogens with one attached hydrogen (secondary N) is 1. The van der Waals surface area contributed by atoms with Gasteiger partial charge in [0.15, 0.2) is 0 Å². The Morgan fingerprint density at radius 2 is 1.50 bits per heavy atom. The van der Waals surface area contributed by atoms with Gasteiger partial charge in [-0.05, 0) is 57.4 Å². The molecule has 0 bridgehead atoms. The van der Waals surface area contributed by atoms with Crippen LogP contribution in [0.1, 0.15) is 33.1 Å². The summed E-state index contributed by atoms with van der Waals surface area (Å²) in [4.78, 5) is 31.3. The molecule has 1 aromatic rings. The Balaban J connectivity index is 1.41. The Bertz CT molecular complexity index is 663. The maximum Gasteiger partial charge on any atom is 0.238 e. The minimum absolute atomic E-state index is 0.105. The molecule has 0 radical (unpaired) electrons. The molecule has 1 aromatic carbocycles. The van der Waals surface area contributed by atoms with E-state index in [0.29, 0.717) is 30.9 Å². The van der Waals surface area contributed by atoms with Crippen LogP contribution in [-0.2, 0) is 9.59 Å². The van der Waals surface area contributed by atoms with Crippen molar-refractivity contribution in [3.63, 3.8) is 0 Å². The van der Waals surface area contributed by atoms with Crippen LogP contribution in [0, 0.1) is 5.82 Å². The summed E-state index contributed by atoms with van der Waals surface area (Å²) in [5.41, 5.74) is 0.598. The smallest absolute Gasteiger partial charge is 0.238 e. The van der Waals surface area contributed by atoms with Gasteiger partial charge in [0, 0.05) is 44.0 Å². The van der Waals surface area contributed by atoms with Gasteiger partial charge in [-0.15, -0.1) is 0 Å². The zero-order chi connectivity index (χ0) is 20.1. The minimum atomic E-state index is -0.322. The Kier molecular flexibility index (Phi) is 7.02. The number of amides is 2. The largest absolute Gasteiger partial charge is 0.336 e. The fourth-order valence-electron chi connectivity index (χ4n) is 4.23. The molecule has 3 rings (SSSR count). The van der Waals surface area contributed by atoms with Crippen molar-refractivity contribution in [1.29, 1.82) is 0 Å². The summed E-state index contributed by atoms with van der Waals surface area (Å²) in [6.07, 6.45) is 3.38. The Labute approximate surface area is 166 Å². The molecule has 0 spiro atoms. The molecule has 0 aromatic heterocycles. The normalized spacial score (nSPS) is 24.2. The second-order valence-electron chi connectivity index (χ2n) is 8.04. The third kappa shape index (κ3) is 5.52. The fraction of sp³-hybridized carbons (Fsp3) is 0.619. The second kappa shape index (κ2) is 9.47. The lowest BCUT2D eigenvalue weighted by molar-refractivity contribution is -0.139. The highest BCUT2D eigenvalue weighted by molar-refractivity contribution is 5.92. The van der Waals surface area contributed by atoms with E-state index in [9.17, 15) is 14.0 Å². The summed E-state index contributed by atoms with van der Waals surface area (Å²) >= 11 is 0. The molecule has 2 fully saturated rings. The van der Waals surface area contributed by atoms with E-state index in [2.05, 4.69) is 33.9 Å². The summed E-state index contributed by atoms with van der Waals surface area (Å²) in [5, 5.41) is 2.79. The monoisotopic (exact) mass is 390 g/mol. The summed E-state index contributed by atoms with van der Waals surface area (Å²) in [7, 11) is 0. The SMILES string of the molecule is C[C@H]1CCC[C@H](C)N1C(=O)CN1CCN(CC(=O)Nc2ccc(F)cc2)CC1. The maximum atomic E-state index is 12.9. The number of anilines is 1. The minimum Gasteiger partial charge on any atom is -0.336 e. The Hall–Kier alpha value is -1.99. The number of hydrogen-bond acceptors (Lipinski definition) is 4. The number of carbonyl (C=O) groups excluding carboxylic acids is 2. The van der Waals surface area contributed by atoms with Crippen molar-refractivity contribution in [2.24, 2.45) is 0 Å². The van der Waals surface area contributed by atoms with E-state index in [1.54, 1.807) is 12.1 Å². The van der Waals surface area contributed by atoms with Crippen molar-refractivity contribution in [2.45, 2.75) is 45.2 Å². The van der Waals surface area contributed by atoms with Gasteiger partial charge in [-0.25, -0.2) is 4.39 Å². The highest BCUT2D eigenvalue weighted by Gasteiger charge is 2.30. The number of carbonyl (C=O) groups is 2. The molecule has 2 saturated heterocycles. The van der Waals surface area contributed by atoms with Crippen molar-refractivity contribution in [1.82, 2.24) is 14.7 Å². The van der Waals surface area contributed by atoms with Crippen LogP contribution in [0.4, 0.5) is 10.1 Å². The van der Waals surface area contributed by atoms with Crippen LogP contribution < -0.4 is 5.32 Å². The molecule has 2 atom stereocenters. The lowest BCUT2D eigenvalue weighted by atomic mass is 9.97. The van der Waals surface area contributed by atoms with Gasteiger partial charge in [-0.2, -0.15) is 0 Å². The molecule has 1 N–H and O–H groups in total. The van der Waals surface area contributed by atoms with E-state index >= 15 is 0 Å². The van der Waals surface area contributed by atoms with Gasteiger partial charge in [-0.1, -0.05) is 0 Å². The molecule has 0 saturated carbocycles. The zero-order valence-electron chi connectivity index (χ0n) is 16.9. The van der Waals surface area contributed by atoms with Crippen LogP contribution in [0.5, 0.6) is 0 Å². The van der Waals surface area contributed by atoms with Crippen LogP contribution in [-0.4, -0.2) is 77.9 Å². The lowest BCUT2D eigenvalue weighted by Gasteiger charge is -2.41. The first-order valence-corrected chi connectivity index (χ1v) is 10.2. The number of likely N-dealkylation sites (tertiary alicyclic amines) is 1. The first-order chi connectivity index (χ1) is 13.4. The first-order valence-electron chi connectivity index (χ1n) is 10.2. The van der Waals surface area contributed by atoms with Crippen molar-refractivity contribution in [3.05, 3.63) is 30.1 Å². The number of piperidine rings is 1. The predicted molar refractivity (Wildman–Crippen MR) is 108 cm³/mol. The maximum absolute atomic E-state index is 12.9. The lowest BCUT2D eigenvalue weighted by Crippen LogP contribution is -2.54. The van der Waals surface area contributed by atoms with Crippen LogP contribution in [0.25, 0.3) is 0 Å². The number of nitrogens with zero attached hydrogens (tertiary/aromatic N) is 3. The van der Waals surface area contributed by atoms with Crippen LogP contribution in [0.15, 0.2) is 24.3 Å². The topological polar surface area (TPSA) is 55.9 Å². The van der Waals surface area contributed by atoms with E-state index in [4.69, 9.17) is 0 Å². The van der Waals surface area contributed by atoms with E-state index in [1.807, 2.05) is 0 Å². The van der Waals surface area contributed by atoms with E-state index in [-0.39, 0.29) is 17.6 Å². The highest BCUT2D eigenvalue weighted by Crippen LogP contribution is 2.22. The molecule has 28 heavy (non-hydrogen) atoms. The first kappa shape index (κ1) is 20.7. The van der Waals surface area contributed by atoms with Gasteiger partial charge in [0.1, 0.15) is 5.82 Å². The van der Waals surface area contributed by atoms with Gasteiger partial charge < -0.3 is 10.2 Å². The van der Waals surface area contributed by atoms with E-state index in [0.717, 1.165) is 39.0 Å². The molecule has 2 amide bonds. The third-order valence-corrected chi connectivity index (χ3v) is 5.80. The second-order valence-corrected chi connectivity index (χ2v) is 8.04. The summed E-state index contributed by atoms with van der Waals surface area (Å²) < 4.78 is 12.9. The molecule has 2 aliphatic heterocycles. The fourth-order valence-corrected chi connectivity index (χ4v) is 4.23. The van der Waals surface area contributed by atoms with Crippen molar-refractivity contribution in [3.8, 4) is 0 Å². The molecule has 0 aliphatic carbocycles. The molecular weight excluding hydrogens is 359 g/mol. The zero-order valence-corrected chi connectivity index (χ0v) is 16.9. The van der Waals surface area contributed by atoms with Crippen molar-refractivity contribution >= 4 is 17.5 Å². The van der Waals surface area contributed by atoms with Gasteiger partial charge in [0.2, 0.25) is 11.8 Å². The third-order valence-electron chi connectivity index (χ3n) is 5.80. The molecule has 154 valence electrons. The van der Waals surface area contributed by atoms with Gasteiger partial charge in [0.25, 0.3) is 0 Å². The van der Waals surface area contributed by atoms with Crippen molar-refractivity contribution < 1.29 is 14.0 Å². The van der Waals surface area contributed by atoms with Crippen LogP contribution >= 0.6 is 0 Å². The molecule has 2 aliphatic rings. The number of rotatable bonds is 5. The average Bonchev–Trinajstić information content (AvgIpc) is 2.65. The van der Waals surface area contributed by atoms with Crippen LogP contribution in [0.3, 0.4) is 0 Å². The molecule has 0 unspecified atom stereocenters. The summed E-state index contributed by atoms with van der Waals surface area (Å²) in [6, 6.07) is 6.42. The predicted octanol–water partition coefficient (Wildman–Crippen LogP) is 2.17. The Morgan fingerprint density at radius 1 is 0.964 bits per heavy atom. The highest BCUT2D eigenvalue weighted by atomic mass is 19.1. The Morgan fingerprint density at radius 3 is 2.07 bits per heavy atom. The standard InChI is InChI=1S/C21H31FN4O2/c1-16-4-3-5-17(2)26(16)21(28)15-25-12-10-24(11-13-25)14-20(27)23-19-8-6-18(22)7-9-19/h6-9,16-17H,3-5,10-15H2,1-2H3,(H,23,27)/t16-,17-/m0/s1. The van der Waals surface area contributed by atoms with Crippen molar-refractivity contribution in [2.75, 3.05) is 44.6 Å². The molecule has 6 nitrogen and oxygen atoms in total. The van der Waals surface area contributed by atoms with Crippen LogP contribution in [0.2, 0.25) is 0 Å². The number of halogens is 1. The summed E-state index contributed by atoms with van der Waals surface area (Å²) in [5.74, 6) is -0.202. The molecular formula is C21H31FN4O2. The quantitative estimate of drug-likeness (QED) is 0.837. The van der Waals surface area contributed by atoms with E-state index < -0.39 is 0 Å². The van der Waals surface area contributed by atoms with Gasteiger partial charge >= 0.3 is 0 Å². The summed E-state index contributed by atoms with van der Waals surface area (Å²) in [6.45, 7) is 8.14. The molecule has 7 heteroatoms. The average molecular weight is 391 g/mol. The number of benzene rings is 1. The number of hydrogen-bond donors (Lipinski definition) is 1. The van der Waals surface area contributed by atoms with Gasteiger partial charge in [-0.3, -0.25) is 19.4 Å². The molecule has 2 heterocycles. The van der Waals surface area contributed by atoms with Gasteiger partial charge in [0.05, 0.1) is 13.1 Å². The van der Waals surface area contributed by atoms with E-state index in [1.165, 1.54) is 18.6 Å².